The van der Waals surface area contributed by atoms with Crippen molar-refractivity contribution in [3.05, 3.63) is 29.6 Å². The summed E-state index contributed by atoms with van der Waals surface area (Å²) in [5.41, 5.74) is 1.21. The molecule has 3 rings (SSSR count). The van der Waals surface area contributed by atoms with Crippen molar-refractivity contribution in [3.63, 3.8) is 0 Å². The molecule has 0 radical (unpaired) electrons. The second-order valence-corrected chi connectivity index (χ2v) is 7.39. The average Bonchev–Trinajstić information content (AvgIpc) is 3.10. The number of likely N-dealkylation sites (tertiary alicyclic amines) is 2. The van der Waals surface area contributed by atoms with Crippen LogP contribution in [-0.4, -0.2) is 66.5 Å². The molecule has 0 aliphatic carbocycles. The van der Waals surface area contributed by atoms with Crippen molar-refractivity contribution in [2.75, 3.05) is 39.9 Å². The van der Waals surface area contributed by atoms with Crippen molar-refractivity contribution >= 4 is 11.8 Å². The Balaban J connectivity index is 1.68. The molecule has 1 unspecified atom stereocenters. The minimum Gasteiger partial charge on any atom is -0.385 e. The molecule has 2 amide bonds. The molecule has 142 valence electrons. The molecule has 0 bridgehead atoms. The number of carbonyl (C=O) groups excluding carboxylic acids is 2. The number of aryl methyl sites for hydroxylation is 1. The van der Waals surface area contributed by atoms with Gasteiger partial charge >= 0.3 is 0 Å². The Morgan fingerprint density at radius 1 is 1.35 bits per heavy atom. The first-order chi connectivity index (χ1) is 12.6. The van der Waals surface area contributed by atoms with Crippen LogP contribution in [0.3, 0.4) is 0 Å². The van der Waals surface area contributed by atoms with Gasteiger partial charge in [-0.1, -0.05) is 6.92 Å². The highest BCUT2D eigenvalue weighted by Gasteiger charge is 2.49. The van der Waals surface area contributed by atoms with Crippen LogP contribution in [0.1, 0.15) is 48.7 Å². The van der Waals surface area contributed by atoms with E-state index in [2.05, 4.69) is 4.98 Å². The number of carbonyl (C=O) groups is 2. The first kappa shape index (κ1) is 18.8. The lowest BCUT2D eigenvalue weighted by molar-refractivity contribution is -0.145. The van der Waals surface area contributed by atoms with Gasteiger partial charge in [0, 0.05) is 57.3 Å². The Bertz CT molecular complexity index is 663. The van der Waals surface area contributed by atoms with Crippen molar-refractivity contribution in [1.82, 2.24) is 14.8 Å². The highest BCUT2D eigenvalue weighted by atomic mass is 16.5. The molecule has 1 aromatic heterocycles. The zero-order valence-corrected chi connectivity index (χ0v) is 15.9. The second-order valence-electron chi connectivity index (χ2n) is 7.39. The van der Waals surface area contributed by atoms with E-state index < -0.39 is 0 Å². The van der Waals surface area contributed by atoms with Gasteiger partial charge in [-0.05, 0) is 44.2 Å². The molecule has 0 N–H and O–H groups in total. The van der Waals surface area contributed by atoms with Crippen molar-refractivity contribution < 1.29 is 14.3 Å². The van der Waals surface area contributed by atoms with Crippen LogP contribution in [-0.2, 0) is 16.0 Å². The second kappa shape index (κ2) is 8.16. The fraction of sp³-hybridized carbons (Fsp3) is 0.650. The first-order valence-corrected chi connectivity index (χ1v) is 9.62. The lowest BCUT2D eigenvalue weighted by Gasteiger charge is -2.39. The summed E-state index contributed by atoms with van der Waals surface area (Å²) < 4.78 is 5.11. The number of piperidine rings is 1. The molecule has 1 spiro atoms. The molecular weight excluding hydrogens is 330 g/mol. The van der Waals surface area contributed by atoms with Gasteiger partial charge < -0.3 is 14.5 Å². The summed E-state index contributed by atoms with van der Waals surface area (Å²) in [5, 5.41) is 0. The number of amides is 2. The maximum atomic E-state index is 13.1. The quantitative estimate of drug-likeness (QED) is 0.730. The molecule has 26 heavy (non-hydrogen) atoms. The van der Waals surface area contributed by atoms with E-state index in [1.165, 1.54) is 0 Å². The van der Waals surface area contributed by atoms with Gasteiger partial charge in [0.05, 0.1) is 5.41 Å². The minimum atomic E-state index is -0.387. The van der Waals surface area contributed by atoms with Crippen molar-refractivity contribution in [3.8, 4) is 0 Å². The molecule has 0 saturated carbocycles. The smallest absolute Gasteiger partial charge is 0.254 e. The first-order valence-electron chi connectivity index (χ1n) is 9.62. The minimum absolute atomic E-state index is 0.0169. The van der Waals surface area contributed by atoms with Crippen LogP contribution in [0.4, 0.5) is 0 Å². The highest BCUT2D eigenvalue weighted by molar-refractivity contribution is 5.95. The Hall–Kier alpha value is -1.95. The van der Waals surface area contributed by atoms with Crippen LogP contribution in [0.5, 0.6) is 0 Å². The third-order valence-electron chi connectivity index (χ3n) is 5.67. The van der Waals surface area contributed by atoms with E-state index in [0.717, 1.165) is 50.9 Å². The molecular formula is C20H29N3O3. The standard InChI is InChI=1S/C20H29N3O3/c1-3-17-14-16(6-9-21-17)18(24)23-12-8-20(15-23)7-4-10-22(19(20)25)11-5-13-26-2/h6,9,14H,3-5,7-8,10-13,15H2,1-2H3. The lowest BCUT2D eigenvalue weighted by Crippen LogP contribution is -2.50. The van der Waals surface area contributed by atoms with Crippen LogP contribution < -0.4 is 0 Å². The van der Waals surface area contributed by atoms with E-state index >= 15 is 0 Å². The van der Waals surface area contributed by atoms with Crippen LogP contribution in [0.15, 0.2) is 18.3 Å². The molecule has 1 aromatic rings. The van der Waals surface area contributed by atoms with Crippen molar-refractivity contribution in [2.24, 2.45) is 5.41 Å². The summed E-state index contributed by atoms with van der Waals surface area (Å²) in [6.45, 7) is 5.45. The maximum Gasteiger partial charge on any atom is 0.254 e. The molecule has 6 heteroatoms. The Kier molecular flexibility index (Phi) is 5.91. The van der Waals surface area contributed by atoms with E-state index in [1.807, 2.05) is 22.8 Å². The SMILES string of the molecule is CCc1cc(C(=O)N2CCC3(CCCN(CCCOC)C3=O)C2)ccn1. The van der Waals surface area contributed by atoms with Crippen molar-refractivity contribution in [1.29, 1.82) is 0 Å². The van der Waals surface area contributed by atoms with Gasteiger partial charge in [-0.3, -0.25) is 14.6 Å². The van der Waals surface area contributed by atoms with Gasteiger partial charge in [0.1, 0.15) is 0 Å². The molecule has 2 aliphatic heterocycles. The number of ether oxygens (including phenoxy) is 1. The number of nitrogens with zero attached hydrogens (tertiary/aromatic N) is 3. The molecule has 2 saturated heterocycles. The van der Waals surface area contributed by atoms with Gasteiger partial charge in [0.2, 0.25) is 5.91 Å². The monoisotopic (exact) mass is 359 g/mol. The zero-order valence-electron chi connectivity index (χ0n) is 15.9. The van der Waals surface area contributed by atoms with Crippen molar-refractivity contribution in [2.45, 2.75) is 39.0 Å². The number of rotatable bonds is 6. The van der Waals surface area contributed by atoms with E-state index in [1.54, 1.807) is 19.4 Å². The summed E-state index contributed by atoms with van der Waals surface area (Å²) >= 11 is 0. The van der Waals surface area contributed by atoms with E-state index in [0.29, 0.717) is 25.3 Å². The van der Waals surface area contributed by atoms with Gasteiger partial charge in [0.15, 0.2) is 0 Å². The molecule has 2 fully saturated rings. The fourth-order valence-electron chi connectivity index (χ4n) is 4.18. The number of pyridine rings is 1. The van der Waals surface area contributed by atoms with Gasteiger partial charge in [-0.2, -0.15) is 0 Å². The Morgan fingerprint density at radius 2 is 2.19 bits per heavy atom. The third kappa shape index (κ3) is 3.75. The molecule has 2 aliphatic rings. The van der Waals surface area contributed by atoms with Crippen LogP contribution in [0.2, 0.25) is 0 Å². The van der Waals surface area contributed by atoms with Crippen LogP contribution in [0, 0.1) is 5.41 Å². The number of methoxy groups -OCH3 is 1. The number of hydrogen-bond acceptors (Lipinski definition) is 4. The van der Waals surface area contributed by atoms with E-state index in [-0.39, 0.29) is 17.2 Å². The fourth-order valence-corrected chi connectivity index (χ4v) is 4.18. The summed E-state index contributed by atoms with van der Waals surface area (Å²) in [6.07, 6.45) is 6.02. The number of hydrogen-bond donors (Lipinski definition) is 0. The lowest BCUT2D eigenvalue weighted by atomic mass is 9.78. The topological polar surface area (TPSA) is 62.7 Å². The van der Waals surface area contributed by atoms with E-state index in [9.17, 15) is 9.59 Å². The zero-order chi connectivity index (χ0) is 18.6. The average molecular weight is 359 g/mol. The molecule has 0 aromatic carbocycles. The Morgan fingerprint density at radius 3 is 2.96 bits per heavy atom. The van der Waals surface area contributed by atoms with Crippen LogP contribution >= 0.6 is 0 Å². The van der Waals surface area contributed by atoms with Crippen LogP contribution in [0.25, 0.3) is 0 Å². The van der Waals surface area contributed by atoms with Gasteiger partial charge in [0.25, 0.3) is 5.91 Å². The highest BCUT2D eigenvalue weighted by Crippen LogP contribution is 2.40. The van der Waals surface area contributed by atoms with E-state index in [4.69, 9.17) is 4.74 Å². The Labute approximate surface area is 155 Å². The maximum absolute atomic E-state index is 13.1. The predicted molar refractivity (Wildman–Crippen MR) is 98.9 cm³/mol. The van der Waals surface area contributed by atoms with Gasteiger partial charge in [-0.15, -0.1) is 0 Å². The van der Waals surface area contributed by atoms with Gasteiger partial charge in [-0.25, -0.2) is 0 Å². The summed E-state index contributed by atoms with van der Waals surface area (Å²) in [7, 11) is 1.68. The normalized spacial score (nSPS) is 23.1. The molecule has 3 heterocycles. The summed E-state index contributed by atoms with van der Waals surface area (Å²) in [4.78, 5) is 34.1. The molecule has 1 atom stereocenters. The number of aromatic nitrogens is 1. The predicted octanol–water partition coefficient (Wildman–Crippen LogP) is 2.14. The molecule has 6 nitrogen and oxygen atoms in total. The third-order valence-corrected chi connectivity index (χ3v) is 5.67. The summed E-state index contributed by atoms with van der Waals surface area (Å²) in [5.74, 6) is 0.238. The largest absolute Gasteiger partial charge is 0.385 e. The summed E-state index contributed by atoms with van der Waals surface area (Å²) in [6, 6.07) is 3.64.